The molecule has 0 nitrogen and oxygen atoms in total. The standard InChI is InChI=1S/C17H30/c1-7-10-17(11-8-2)13-16(9-3)12-15(6)14(4)5/h9,12,17H,4,7-8,10-11,13H2,1-3,5-6H3/b15-12-,16-9+. The van der Waals surface area contributed by atoms with Crippen LogP contribution in [0.25, 0.3) is 0 Å². The van der Waals surface area contributed by atoms with Crippen LogP contribution in [0.3, 0.4) is 0 Å². The first-order valence-corrected chi connectivity index (χ1v) is 7.04. The normalized spacial score (nSPS) is 13.3. The number of allylic oxidation sites excluding steroid dienone is 5. The van der Waals surface area contributed by atoms with Crippen molar-refractivity contribution in [3.63, 3.8) is 0 Å². The lowest BCUT2D eigenvalue weighted by Gasteiger charge is -2.16. The van der Waals surface area contributed by atoms with E-state index >= 15 is 0 Å². The van der Waals surface area contributed by atoms with Crippen LogP contribution in [0.4, 0.5) is 0 Å². The summed E-state index contributed by atoms with van der Waals surface area (Å²) in [6.45, 7) is 14.9. The van der Waals surface area contributed by atoms with Gasteiger partial charge in [-0.2, -0.15) is 0 Å². The second kappa shape index (κ2) is 9.27. The maximum Gasteiger partial charge on any atom is -0.0254 e. The molecule has 0 spiro atoms. The van der Waals surface area contributed by atoms with E-state index < -0.39 is 0 Å². The summed E-state index contributed by atoms with van der Waals surface area (Å²) in [5, 5.41) is 0. The summed E-state index contributed by atoms with van der Waals surface area (Å²) >= 11 is 0. The summed E-state index contributed by atoms with van der Waals surface area (Å²) in [5.41, 5.74) is 3.95. The molecule has 17 heavy (non-hydrogen) atoms. The Morgan fingerprint density at radius 1 is 1.12 bits per heavy atom. The molecule has 0 unspecified atom stereocenters. The summed E-state index contributed by atoms with van der Waals surface area (Å²) in [7, 11) is 0. The maximum absolute atomic E-state index is 4.00. The molecule has 98 valence electrons. The third-order valence-electron chi connectivity index (χ3n) is 3.36. The van der Waals surface area contributed by atoms with E-state index in [-0.39, 0.29) is 0 Å². The average Bonchev–Trinajstić information content (AvgIpc) is 2.28. The Balaban J connectivity index is 4.57. The van der Waals surface area contributed by atoms with Crippen LogP contribution < -0.4 is 0 Å². The summed E-state index contributed by atoms with van der Waals surface area (Å²) in [6, 6.07) is 0. The quantitative estimate of drug-likeness (QED) is 0.448. The summed E-state index contributed by atoms with van der Waals surface area (Å²) in [4.78, 5) is 0. The van der Waals surface area contributed by atoms with Crippen molar-refractivity contribution in [1.29, 1.82) is 0 Å². The molecule has 0 aliphatic rings. The van der Waals surface area contributed by atoms with Crippen molar-refractivity contribution >= 4 is 0 Å². The molecule has 0 amide bonds. The minimum absolute atomic E-state index is 0.852. The van der Waals surface area contributed by atoms with Gasteiger partial charge in [0.1, 0.15) is 0 Å². The van der Waals surface area contributed by atoms with Crippen LogP contribution in [0.15, 0.2) is 35.5 Å². The fourth-order valence-corrected chi connectivity index (χ4v) is 2.16. The zero-order valence-electron chi connectivity index (χ0n) is 12.5. The van der Waals surface area contributed by atoms with Gasteiger partial charge in [-0.15, -0.1) is 0 Å². The highest BCUT2D eigenvalue weighted by molar-refractivity contribution is 5.32. The minimum Gasteiger partial charge on any atom is -0.0958 e. The van der Waals surface area contributed by atoms with Gasteiger partial charge in [0.15, 0.2) is 0 Å². The summed E-state index contributed by atoms with van der Waals surface area (Å²) in [6.07, 6.45) is 11.1. The van der Waals surface area contributed by atoms with E-state index in [1.54, 1.807) is 0 Å². The van der Waals surface area contributed by atoms with Crippen LogP contribution in [-0.2, 0) is 0 Å². The fourth-order valence-electron chi connectivity index (χ4n) is 2.16. The number of hydrogen-bond acceptors (Lipinski definition) is 0. The third-order valence-corrected chi connectivity index (χ3v) is 3.36. The second-order valence-corrected chi connectivity index (χ2v) is 5.12. The zero-order valence-corrected chi connectivity index (χ0v) is 12.5. The minimum atomic E-state index is 0.852. The smallest absolute Gasteiger partial charge is 0.0254 e. The van der Waals surface area contributed by atoms with E-state index in [4.69, 9.17) is 0 Å². The SMILES string of the molecule is C=C(C)/C(C)=C\C(=C/C)CC(CCC)CCC. The molecule has 0 aromatic heterocycles. The Hall–Kier alpha value is -0.780. The van der Waals surface area contributed by atoms with Gasteiger partial charge in [0, 0.05) is 0 Å². The fraction of sp³-hybridized carbons (Fsp3) is 0.647. The van der Waals surface area contributed by atoms with Gasteiger partial charge in [-0.3, -0.25) is 0 Å². The average molecular weight is 234 g/mol. The molecule has 0 aliphatic carbocycles. The van der Waals surface area contributed by atoms with E-state index in [2.05, 4.69) is 53.3 Å². The van der Waals surface area contributed by atoms with Crippen molar-refractivity contribution in [3.05, 3.63) is 35.5 Å². The van der Waals surface area contributed by atoms with Gasteiger partial charge < -0.3 is 0 Å². The van der Waals surface area contributed by atoms with Crippen LogP contribution in [-0.4, -0.2) is 0 Å². The third kappa shape index (κ3) is 7.20. The molecule has 0 aromatic rings. The van der Waals surface area contributed by atoms with Crippen molar-refractivity contribution in [1.82, 2.24) is 0 Å². The summed E-state index contributed by atoms with van der Waals surface area (Å²) < 4.78 is 0. The van der Waals surface area contributed by atoms with E-state index in [1.165, 1.54) is 48.8 Å². The summed E-state index contributed by atoms with van der Waals surface area (Å²) in [5.74, 6) is 0.852. The predicted octanol–water partition coefficient (Wildman–Crippen LogP) is 6.06. The molecule has 0 heteroatoms. The van der Waals surface area contributed by atoms with E-state index in [9.17, 15) is 0 Å². The van der Waals surface area contributed by atoms with Crippen LogP contribution in [0.5, 0.6) is 0 Å². The van der Waals surface area contributed by atoms with Gasteiger partial charge >= 0.3 is 0 Å². The largest absolute Gasteiger partial charge is 0.0958 e. The first-order valence-electron chi connectivity index (χ1n) is 7.04. The van der Waals surface area contributed by atoms with Crippen molar-refractivity contribution in [3.8, 4) is 0 Å². The van der Waals surface area contributed by atoms with Gasteiger partial charge in [0.2, 0.25) is 0 Å². The van der Waals surface area contributed by atoms with Gasteiger partial charge in [0.25, 0.3) is 0 Å². The Kier molecular flexibility index (Phi) is 8.85. The molecule has 0 bridgehead atoms. The van der Waals surface area contributed by atoms with Crippen molar-refractivity contribution in [2.45, 2.75) is 66.7 Å². The monoisotopic (exact) mass is 234 g/mol. The molecule has 0 radical (unpaired) electrons. The number of rotatable bonds is 8. The van der Waals surface area contributed by atoms with Crippen molar-refractivity contribution < 1.29 is 0 Å². The Bertz CT molecular complexity index is 272. The molecular formula is C17H30. The van der Waals surface area contributed by atoms with E-state index in [0.29, 0.717) is 0 Å². The molecule has 0 atom stereocenters. The predicted molar refractivity (Wildman–Crippen MR) is 80.3 cm³/mol. The van der Waals surface area contributed by atoms with Gasteiger partial charge in [-0.1, -0.05) is 69.4 Å². The van der Waals surface area contributed by atoms with Crippen LogP contribution in [0.2, 0.25) is 0 Å². The molecule has 0 aliphatic heterocycles. The molecule has 0 rings (SSSR count). The van der Waals surface area contributed by atoms with E-state index in [1.807, 2.05) is 0 Å². The highest BCUT2D eigenvalue weighted by atomic mass is 14.1. The van der Waals surface area contributed by atoms with Gasteiger partial charge in [-0.05, 0) is 38.7 Å². The Morgan fingerprint density at radius 2 is 1.65 bits per heavy atom. The lowest BCUT2D eigenvalue weighted by molar-refractivity contribution is 0.439. The molecule has 0 saturated carbocycles. The highest BCUT2D eigenvalue weighted by Crippen LogP contribution is 2.24. The first-order chi connectivity index (χ1) is 8.04. The molecule has 0 heterocycles. The van der Waals surface area contributed by atoms with Crippen LogP contribution in [0, 0.1) is 5.92 Å². The first kappa shape index (κ1) is 16.2. The van der Waals surface area contributed by atoms with Crippen LogP contribution in [0.1, 0.15) is 66.7 Å². The topological polar surface area (TPSA) is 0 Å². The number of hydrogen-bond donors (Lipinski definition) is 0. The molecule has 0 fully saturated rings. The van der Waals surface area contributed by atoms with Crippen LogP contribution >= 0.6 is 0 Å². The molecule has 0 saturated heterocycles. The van der Waals surface area contributed by atoms with Gasteiger partial charge in [-0.25, -0.2) is 0 Å². The molecule has 0 aromatic carbocycles. The Morgan fingerprint density at radius 3 is 2.00 bits per heavy atom. The van der Waals surface area contributed by atoms with Crippen molar-refractivity contribution in [2.24, 2.45) is 5.92 Å². The zero-order chi connectivity index (χ0) is 13.3. The second-order valence-electron chi connectivity index (χ2n) is 5.12. The lowest BCUT2D eigenvalue weighted by Crippen LogP contribution is -2.01. The van der Waals surface area contributed by atoms with Crippen molar-refractivity contribution in [2.75, 3.05) is 0 Å². The molecular weight excluding hydrogens is 204 g/mol. The lowest BCUT2D eigenvalue weighted by atomic mass is 9.90. The van der Waals surface area contributed by atoms with Gasteiger partial charge in [0.05, 0.1) is 0 Å². The maximum atomic E-state index is 4.00. The molecule has 0 N–H and O–H groups in total. The highest BCUT2D eigenvalue weighted by Gasteiger charge is 2.08. The Labute approximate surface area is 109 Å². The van der Waals surface area contributed by atoms with E-state index in [0.717, 1.165) is 5.92 Å².